The second-order valence-electron chi connectivity index (χ2n) is 3.05. The first-order chi connectivity index (χ1) is 5.97. The summed E-state index contributed by atoms with van der Waals surface area (Å²) in [6, 6.07) is 8.50. The molecule has 1 nitrogen and oxygen atoms in total. The summed E-state index contributed by atoms with van der Waals surface area (Å²) in [5.74, 6) is 0. The molecule has 2 rings (SSSR count). The molecule has 1 aromatic rings. The summed E-state index contributed by atoms with van der Waals surface area (Å²) in [5, 5.41) is 3.41. The van der Waals surface area contributed by atoms with Gasteiger partial charge in [-0.25, -0.2) is 0 Å². The van der Waals surface area contributed by atoms with Gasteiger partial charge in [-0.3, -0.25) is 0 Å². The van der Waals surface area contributed by atoms with Gasteiger partial charge >= 0.3 is 0 Å². The molecule has 0 saturated carbocycles. The highest BCUT2D eigenvalue weighted by Crippen LogP contribution is 2.17. The molecule has 0 radical (unpaired) electrons. The molecular formula is C11H13N. The molecule has 0 atom stereocenters. The second kappa shape index (κ2) is 3.44. The molecule has 1 aromatic carbocycles. The van der Waals surface area contributed by atoms with Crippen LogP contribution in [0.1, 0.15) is 12.0 Å². The Morgan fingerprint density at radius 1 is 1.08 bits per heavy atom. The van der Waals surface area contributed by atoms with Gasteiger partial charge < -0.3 is 5.32 Å². The van der Waals surface area contributed by atoms with Crippen molar-refractivity contribution < 1.29 is 0 Å². The summed E-state index contributed by atoms with van der Waals surface area (Å²) >= 11 is 0. The Bertz CT molecular complexity index is 289. The van der Waals surface area contributed by atoms with E-state index >= 15 is 0 Å². The van der Waals surface area contributed by atoms with E-state index in [1.165, 1.54) is 11.3 Å². The molecule has 1 heterocycles. The van der Waals surface area contributed by atoms with Gasteiger partial charge in [0.2, 0.25) is 0 Å². The zero-order chi connectivity index (χ0) is 8.23. The molecule has 0 fully saturated rings. The van der Waals surface area contributed by atoms with Gasteiger partial charge in [0.15, 0.2) is 0 Å². The van der Waals surface area contributed by atoms with Crippen molar-refractivity contribution in [2.45, 2.75) is 12.8 Å². The van der Waals surface area contributed by atoms with Crippen LogP contribution in [0.2, 0.25) is 0 Å². The summed E-state index contributed by atoms with van der Waals surface area (Å²) in [4.78, 5) is 0. The minimum Gasteiger partial charge on any atom is -0.385 e. The Balaban J connectivity index is 2.32. The lowest BCUT2D eigenvalue weighted by atomic mass is 10.1. The van der Waals surface area contributed by atoms with Gasteiger partial charge in [-0.2, -0.15) is 0 Å². The van der Waals surface area contributed by atoms with Crippen molar-refractivity contribution in [3.05, 3.63) is 42.0 Å². The van der Waals surface area contributed by atoms with Gasteiger partial charge in [-0.15, -0.1) is 0 Å². The van der Waals surface area contributed by atoms with Crippen LogP contribution in [-0.4, -0.2) is 6.54 Å². The van der Waals surface area contributed by atoms with Crippen molar-refractivity contribution in [3.8, 4) is 0 Å². The predicted molar refractivity (Wildman–Crippen MR) is 52.4 cm³/mol. The summed E-state index contributed by atoms with van der Waals surface area (Å²) in [5.41, 5.74) is 2.69. The van der Waals surface area contributed by atoms with Crippen molar-refractivity contribution in [1.82, 2.24) is 0 Å². The highest BCUT2D eigenvalue weighted by molar-refractivity contribution is 5.52. The number of rotatable bonds is 0. The van der Waals surface area contributed by atoms with E-state index in [2.05, 4.69) is 41.7 Å². The number of hydrogen-bond donors (Lipinski definition) is 1. The molecule has 0 spiro atoms. The van der Waals surface area contributed by atoms with E-state index in [1.807, 2.05) is 0 Å². The smallest absolute Gasteiger partial charge is 0.0375 e. The van der Waals surface area contributed by atoms with Gasteiger partial charge in [-0.05, 0) is 24.5 Å². The van der Waals surface area contributed by atoms with Crippen molar-refractivity contribution in [3.63, 3.8) is 0 Å². The van der Waals surface area contributed by atoms with E-state index in [9.17, 15) is 0 Å². The second-order valence-corrected chi connectivity index (χ2v) is 3.05. The van der Waals surface area contributed by atoms with Crippen LogP contribution in [0, 0.1) is 0 Å². The van der Waals surface area contributed by atoms with E-state index in [-0.39, 0.29) is 0 Å². The summed E-state index contributed by atoms with van der Waals surface area (Å²) < 4.78 is 0. The number of allylic oxidation sites excluding steroid dienone is 1. The maximum atomic E-state index is 3.41. The van der Waals surface area contributed by atoms with Crippen LogP contribution >= 0.6 is 0 Å². The van der Waals surface area contributed by atoms with Crippen LogP contribution in [0.3, 0.4) is 0 Å². The maximum absolute atomic E-state index is 3.41. The van der Waals surface area contributed by atoms with Gasteiger partial charge in [0, 0.05) is 12.2 Å². The number of fused-ring (bicyclic) bond motifs is 1. The predicted octanol–water partition coefficient (Wildman–Crippen LogP) is 2.60. The standard InChI is InChI=1S/C11H13N/c1-2-6-10-7-3-4-8-11(10)12-9-5-1/h1-4,7-8,12H,5-6,9H2/b2-1-. The van der Waals surface area contributed by atoms with Crippen LogP contribution in [0.5, 0.6) is 0 Å². The first-order valence-corrected chi connectivity index (χ1v) is 4.43. The average molecular weight is 159 g/mol. The lowest BCUT2D eigenvalue weighted by Crippen LogP contribution is -2.04. The number of benzene rings is 1. The van der Waals surface area contributed by atoms with E-state index < -0.39 is 0 Å². The third kappa shape index (κ3) is 1.50. The lowest BCUT2D eigenvalue weighted by Gasteiger charge is -2.11. The molecule has 0 saturated heterocycles. The van der Waals surface area contributed by atoms with Crippen molar-refractivity contribution in [1.29, 1.82) is 0 Å². The molecule has 12 heavy (non-hydrogen) atoms. The number of para-hydroxylation sites is 1. The largest absolute Gasteiger partial charge is 0.385 e. The van der Waals surface area contributed by atoms with Crippen LogP contribution in [0.4, 0.5) is 5.69 Å². The molecular weight excluding hydrogens is 146 g/mol. The molecule has 1 N–H and O–H groups in total. The minimum atomic E-state index is 1.05. The van der Waals surface area contributed by atoms with Crippen molar-refractivity contribution in [2.24, 2.45) is 0 Å². The Morgan fingerprint density at radius 3 is 3.00 bits per heavy atom. The third-order valence-corrected chi connectivity index (χ3v) is 2.15. The van der Waals surface area contributed by atoms with E-state index in [0.29, 0.717) is 0 Å². The molecule has 1 aliphatic rings. The van der Waals surface area contributed by atoms with Crippen molar-refractivity contribution >= 4 is 5.69 Å². The van der Waals surface area contributed by atoms with Crippen LogP contribution in [-0.2, 0) is 6.42 Å². The molecule has 62 valence electrons. The first-order valence-electron chi connectivity index (χ1n) is 4.43. The highest BCUT2D eigenvalue weighted by Gasteiger charge is 1.99. The Labute approximate surface area is 73.1 Å². The SMILES string of the molecule is C1=C\Cc2ccccc2NCC/1. The third-order valence-electron chi connectivity index (χ3n) is 2.15. The fraction of sp³-hybridized carbons (Fsp3) is 0.273. The van der Waals surface area contributed by atoms with E-state index in [4.69, 9.17) is 0 Å². The quantitative estimate of drug-likeness (QED) is 0.574. The van der Waals surface area contributed by atoms with Crippen LogP contribution < -0.4 is 5.32 Å². The van der Waals surface area contributed by atoms with E-state index in [0.717, 1.165) is 19.4 Å². The van der Waals surface area contributed by atoms with Crippen LogP contribution in [0.25, 0.3) is 0 Å². The molecule has 0 unspecified atom stereocenters. The first kappa shape index (κ1) is 7.41. The zero-order valence-electron chi connectivity index (χ0n) is 7.09. The highest BCUT2D eigenvalue weighted by atomic mass is 14.9. The van der Waals surface area contributed by atoms with Gasteiger partial charge in [0.25, 0.3) is 0 Å². The Kier molecular flexibility index (Phi) is 2.12. The van der Waals surface area contributed by atoms with Crippen molar-refractivity contribution in [2.75, 3.05) is 11.9 Å². The minimum absolute atomic E-state index is 1.05. The molecule has 1 aliphatic heterocycles. The molecule has 1 heteroatoms. The number of nitrogens with one attached hydrogen (secondary N) is 1. The molecule has 0 bridgehead atoms. The van der Waals surface area contributed by atoms with Gasteiger partial charge in [0.05, 0.1) is 0 Å². The molecule has 0 aromatic heterocycles. The lowest BCUT2D eigenvalue weighted by molar-refractivity contribution is 1.03. The Hall–Kier alpha value is -1.24. The fourth-order valence-electron chi connectivity index (χ4n) is 1.49. The topological polar surface area (TPSA) is 12.0 Å². The fourth-order valence-corrected chi connectivity index (χ4v) is 1.49. The van der Waals surface area contributed by atoms with Crippen LogP contribution in [0.15, 0.2) is 36.4 Å². The normalized spacial score (nSPS) is 18.3. The van der Waals surface area contributed by atoms with E-state index in [1.54, 1.807) is 0 Å². The monoisotopic (exact) mass is 159 g/mol. The molecule has 0 aliphatic carbocycles. The summed E-state index contributed by atoms with van der Waals surface area (Å²) in [7, 11) is 0. The number of anilines is 1. The maximum Gasteiger partial charge on any atom is 0.0375 e. The summed E-state index contributed by atoms with van der Waals surface area (Å²) in [6.45, 7) is 1.05. The Morgan fingerprint density at radius 2 is 2.00 bits per heavy atom. The molecule has 0 amide bonds. The zero-order valence-corrected chi connectivity index (χ0v) is 7.09. The summed E-state index contributed by atoms with van der Waals surface area (Å²) in [6.07, 6.45) is 6.68. The van der Waals surface area contributed by atoms with Gasteiger partial charge in [-0.1, -0.05) is 30.4 Å². The number of hydrogen-bond acceptors (Lipinski definition) is 1. The van der Waals surface area contributed by atoms with Gasteiger partial charge in [0.1, 0.15) is 0 Å². The average Bonchev–Trinajstić information content (AvgIpc) is 2.06.